The van der Waals surface area contributed by atoms with Crippen LogP contribution in [-0.4, -0.2) is 0 Å². The van der Waals surface area contributed by atoms with Crippen LogP contribution in [0.1, 0.15) is 5.56 Å². The molecule has 0 aliphatic rings. The molecule has 0 atom stereocenters. The van der Waals surface area contributed by atoms with Gasteiger partial charge in [-0.3, -0.25) is 0 Å². The molecule has 4 rings (SSSR count). The van der Waals surface area contributed by atoms with Crippen LogP contribution in [0, 0.1) is 0 Å². The van der Waals surface area contributed by atoms with Crippen LogP contribution in [0.25, 0.3) is 38.4 Å². The molecule has 0 aromatic heterocycles. The van der Waals surface area contributed by atoms with E-state index in [1.165, 1.54) is 32.3 Å². The Kier molecular flexibility index (Phi) is 2.37. The summed E-state index contributed by atoms with van der Waals surface area (Å²) in [4.78, 5) is 0. The van der Waals surface area contributed by atoms with Crippen molar-refractivity contribution in [2.24, 2.45) is 0 Å². The lowest BCUT2D eigenvalue weighted by atomic mass is 9.97. The molecule has 0 aliphatic heterocycles. The Morgan fingerprint density at radius 3 is 2.05 bits per heavy atom. The maximum atomic E-state index is 3.84. The maximum absolute atomic E-state index is 3.84. The number of benzene rings is 4. The van der Waals surface area contributed by atoms with Gasteiger partial charge in [-0.05, 0) is 56.1 Å². The molecule has 0 saturated heterocycles. The average molecular weight is 254 g/mol. The molecule has 0 saturated carbocycles. The second kappa shape index (κ2) is 4.21. The first-order valence-corrected chi connectivity index (χ1v) is 6.83. The molecule has 0 bridgehead atoms. The first-order chi connectivity index (χ1) is 9.85. The van der Waals surface area contributed by atoms with Gasteiger partial charge in [0.1, 0.15) is 0 Å². The van der Waals surface area contributed by atoms with Gasteiger partial charge in [0.15, 0.2) is 0 Å². The largest absolute Gasteiger partial charge is 0.0985 e. The molecule has 0 heterocycles. The molecule has 0 nitrogen and oxygen atoms in total. The third-order valence-electron chi connectivity index (χ3n) is 3.96. The van der Waals surface area contributed by atoms with Crippen LogP contribution < -0.4 is 0 Å². The summed E-state index contributed by atoms with van der Waals surface area (Å²) in [6.45, 7) is 3.84. The summed E-state index contributed by atoms with van der Waals surface area (Å²) >= 11 is 0. The minimum Gasteiger partial charge on any atom is -0.0985 e. The van der Waals surface area contributed by atoms with Crippen molar-refractivity contribution in [3.05, 3.63) is 78.9 Å². The van der Waals surface area contributed by atoms with Crippen LogP contribution >= 0.6 is 0 Å². The summed E-state index contributed by atoms with van der Waals surface area (Å²) in [6, 6.07) is 24.0. The van der Waals surface area contributed by atoms with Crippen molar-refractivity contribution in [2.75, 3.05) is 0 Å². The lowest BCUT2D eigenvalue weighted by molar-refractivity contribution is 1.74. The predicted octanol–water partition coefficient (Wildman–Crippen LogP) is 5.79. The first kappa shape index (κ1) is 11.2. The van der Waals surface area contributed by atoms with E-state index in [1.54, 1.807) is 0 Å². The number of hydrogen-bond donors (Lipinski definition) is 0. The first-order valence-electron chi connectivity index (χ1n) is 6.83. The topological polar surface area (TPSA) is 0 Å². The Hall–Kier alpha value is -2.60. The molecule has 0 unspecified atom stereocenters. The van der Waals surface area contributed by atoms with Crippen LogP contribution in [0.3, 0.4) is 0 Å². The van der Waals surface area contributed by atoms with Crippen LogP contribution in [0.4, 0.5) is 0 Å². The van der Waals surface area contributed by atoms with Crippen molar-refractivity contribution >= 4 is 38.4 Å². The fourth-order valence-electron chi connectivity index (χ4n) is 2.90. The zero-order chi connectivity index (χ0) is 13.5. The second-order valence-electron chi connectivity index (χ2n) is 5.17. The highest BCUT2D eigenvalue weighted by molar-refractivity contribution is 6.12. The molecule has 20 heavy (non-hydrogen) atoms. The Bertz CT molecular complexity index is 961. The number of hydrogen-bond acceptors (Lipinski definition) is 0. The molecule has 4 aromatic carbocycles. The zero-order valence-corrected chi connectivity index (χ0v) is 11.1. The number of fused-ring (bicyclic) bond motifs is 4. The van der Waals surface area contributed by atoms with Gasteiger partial charge in [0.2, 0.25) is 0 Å². The fraction of sp³-hybridized carbons (Fsp3) is 0. The summed E-state index contributed by atoms with van der Waals surface area (Å²) in [6.07, 6.45) is 1.89. The lowest BCUT2D eigenvalue weighted by Gasteiger charge is -2.07. The molecular weight excluding hydrogens is 240 g/mol. The number of rotatable bonds is 1. The fourth-order valence-corrected chi connectivity index (χ4v) is 2.90. The SMILES string of the molecule is C=Cc1ccc2c(ccc3cc4ccccc4cc32)c1. The average Bonchev–Trinajstić information content (AvgIpc) is 2.52. The Balaban J connectivity index is 2.17. The van der Waals surface area contributed by atoms with Crippen molar-refractivity contribution in [2.45, 2.75) is 0 Å². The zero-order valence-electron chi connectivity index (χ0n) is 11.1. The minimum absolute atomic E-state index is 1.16. The minimum atomic E-state index is 1.16. The van der Waals surface area contributed by atoms with Gasteiger partial charge in [0.25, 0.3) is 0 Å². The van der Waals surface area contributed by atoms with E-state index in [0.29, 0.717) is 0 Å². The van der Waals surface area contributed by atoms with Crippen LogP contribution in [0.5, 0.6) is 0 Å². The van der Waals surface area contributed by atoms with Crippen molar-refractivity contribution in [1.29, 1.82) is 0 Å². The predicted molar refractivity (Wildman–Crippen MR) is 89.1 cm³/mol. The molecule has 0 spiro atoms. The molecule has 0 heteroatoms. The smallest absolute Gasteiger partial charge is 0.00990 e. The van der Waals surface area contributed by atoms with Crippen LogP contribution in [0.15, 0.2) is 73.3 Å². The highest BCUT2D eigenvalue weighted by atomic mass is 14.1. The van der Waals surface area contributed by atoms with Gasteiger partial charge in [-0.1, -0.05) is 61.2 Å². The van der Waals surface area contributed by atoms with Crippen molar-refractivity contribution < 1.29 is 0 Å². The van der Waals surface area contributed by atoms with Gasteiger partial charge >= 0.3 is 0 Å². The van der Waals surface area contributed by atoms with E-state index in [9.17, 15) is 0 Å². The van der Waals surface area contributed by atoms with Crippen molar-refractivity contribution in [1.82, 2.24) is 0 Å². The van der Waals surface area contributed by atoms with E-state index in [0.717, 1.165) is 5.56 Å². The third kappa shape index (κ3) is 1.62. The highest BCUT2D eigenvalue weighted by Gasteiger charge is 2.03. The molecular formula is C20H14. The summed E-state index contributed by atoms with van der Waals surface area (Å²) in [7, 11) is 0. The standard InChI is InChI=1S/C20H14/c1-2-14-7-10-19-17(11-14)8-9-18-12-15-5-3-4-6-16(15)13-20(18)19/h2-13H,1H2. The molecule has 0 aliphatic carbocycles. The quantitative estimate of drug-likeness (QED) is 0.298. The van der Waals surface area contributed by atoms with Gasteiger partial charge in [0.05, 0.1) is 0 Å². The molecule has 0 radical (unpaired) electrons. The Labute approximate surface area is 118 Å². The third-order valence-corrected chi connectivity index (χ3v) is 3.96. The lowest BCUT2D eigenvalue weighted by Crippen LogP contribution is -1.81. The van der Waals surface area contributed by atoms with Crippen LogP contribution in [0.2, 0.25) is 0 Å². The Morgan fingerprint density at radius 2 is 1.30 bits per heavy atom. The van der Waals surface area contributed by atoms with Gasteiger partial charge in [0, 0.05) is 0 Å². The van der Waals surface area contributed by atoms with Gasteiger partial charge in [-0.25, -0.2) is 0 Å². The van der Waals surface area contributed by atoms with Gasteiger partial charge in [-0.15, -0.1) is 0 Å². The highest BCUT2D eigenvalue weighted by Crippen LogP contribution is 2.30. The van der Waals surface area contributed by atoms with E-state index < -0.39 is 0 Å². The molecule has 94 valence electrons. The Morgan fingerprint density at radius 1 is 0.600 bits per heavy atom. The van der Waals surface area contributed by atoms with Gasteiger partial charge in [-0.2, -0.15) is 0 Å². The van der Waals surface area contributed by atoms with Crippen molar-refractivity contribution in [3.63, 3.8) is 0 Å². The van der Waals surface area contributed by atoms with E-state index in [2.05, 4.69) is 73.3 Å². The van der Waals surface area contributed by atoms with E-state index in [1.807, 2.05) is 6.08 Å². The van der Waals surface area contributed by atoms with Gasteiger partial charge < -0.3 is 0 Å². The summed E-state index contributed by atoms with van der Waals surface area (Å²) in [5, 5.41) is 7.77. The molecule has 0 fully saturated rings. The summed E-state index contributed by atoms with van der Waals surface area (Å²) < 4.78 is 0. The van der Waals surface area contributed by atoms with E-state index >= 15 is 0 Å². The molecule has 4 aromatic rings. The summed E-state index contributed by atoms with van der Waals surface area (Å²) in [5.74, 6) is 0. The monoisotopic (exact) mass is 254 g/mol. The second-order valence-corrected chi connectivity index (χ2v) is 5.17. The maximum Gasteiger partial charge on any atom is -0.00990 e. The van der Waals surface area contributed by atoms with Crippen molar-refractivity contribution in [3.8, 4) is 0 Å². The molecule has 0 N–H and O–H groups in total. The molecule has 0 amide bonds. The summed E-state index contributed by atoms with van der Waals surface area (Å²) in [5.41, 5.74) is 1.16. The normalized spacial score (nSPS) is 11.2. The van der Waals surface area contributed by atoms with E-state index in [-0.39, 0.29) is 0 Å². The van der Waals surface area contributed by atoms with Crippen LogP contribution in [-0.2, 0) is 0 Å². The van der Waals surface area contributed by atoms with E-state index in [4.69, 9.17) is 0 Å².